The van der Waals surface area contributed by atoms with Gasteiger partial charge in [-0.3, -0.25) is 0 Å². The molecule has 0 saturated heterocycles. The van der Waals surface area contributed by atoms with E-state index in [0.29, 0.717) is 6.54 Å². The fraction of sp³-hybridized carbons (Fsp3) is 0.333. The maximum absolute atomic E-state index is 8.25. The van der Waals surface area contributed by atoms with Gasteiger partial charge in [-0.2, -0.15) is 0 Å². The minimum absolute atomic E-state index is 0.0269. The fourth-order valence-electron chi connectivity index (χ4n) is 0.838. The van der Waals surface area contributed by atoms with Crippen molar-refractivity contribution in [2.75, 3.05) is 0 Å². The Morgan fingerprint density at radius 3 is 2.64 bits per heavy atom. The van der Waals surface area contributed by atoms with Crippen LogP contribution in [0.3, 0.4) is 0 Å². The maximum Gasteiger partial charge on any atom is 0.319 e. The van der Waals surface area contributed by atoms with E-state index in [1.807, 2.05) is 6.92 Å². The first-order valence-electron chi connectivity index (χ1n) is 3.61. The lowest BCUT2D eigenvalue weighted by Crippen LogP contribution is -2.38. The van der Waals surface area contributed by atoms with Gasteiger partial charge in [0.05, 0.1) is 0 Å². The number of hydrogen-bond donors (Lipinski definition) is 0. The minimum Gasteiger partial charge on any atom is -0.0752 e. The molecule has 5 nitrogen and oxygen atoms in total. The van der Waals surface area contributed by atoms with Gasteiger partial charge in [-0.1, -0.05) is 33.0 Å². The van der Waals surface area contributed by atoms with E-state index in [2.05, 4.69) is 15.1 Å². The summed E-state index contributed by atoms with van der Waals surface area (Å²) in [5.41, 5.74) is 8.30. The van der Waals surface area contributed by atoms with Crippen molar-refractivity contribution >= 4 is 40.5 Å². The Balaban J connectivity index is 3.48. The van der Waals surface area contributed by atoms with Crippen LogP contribution in [0.15, 0.2) is 5.11 Å². The summed E-state index contributed by atoms with van der Waals surface area (Å²) >= 11 is 17.4. The summed E-state index contributed by atoms with van der Waals surface area (Å²) in [6.07, 6.45) is 0. The number of aryl methyl sites for hydroxylation is 1. The number of rotatable bonds is 2. The summed E-state index contributed by atoms with van der Waals surface area (Å²) < 4.78 is 1.41. The lowest BCUT2D eigenvalue weighted by Gasteiger charge is -1.99. The lowest BCUT2D eigenvalue weighted by atomic mass is 10.5. The molecule has 0 spiro atoms. The van der Waals surface area contributed by atoms with Gasteiger partial charge < -0.3 is 0 Å². The van der Waals surface area contributed by atoms with Crippen LogP contribution in [0.2, 0.25) is 15.3 Å². The fourth-order valence-corrected chi connectivity index (χ4v) is 1.58. The number of nitrogens with zero attached hydrogens (tertiary/aromatic N) is 5. The molecule has 0 N–H and O–H groups in total. The average molecular weight is 254 g/mol. The Labute approximate surface area is 94.8 Å². The van der Waals surface area contributed by atoms with Crippen molar-refractivity contribution in [2.45, 2.75) is 13.5 Å². The molecule has 8 heteroatoms. The summed E-state index contributed by atoms with van der Waals surface area (Å²) in [6, 6.07) is 0. The molecule has 1 aromatic rings. The van der Waals surface area contributed by atoms with Crippen LogP contribution in [0, 0.1) is 0 Å². The molecule has 1 rings (SSSR count). The molecular formula is C6H5Cl3N5+. The molecule has 1 aromatic heterocycles. The van der Waals surface area contributed by atoms with Gasteiger partial charge in [0, 0.05) is 10.0 Å². The van der Waals surface area contributed by atoms with Crippen molar-refractivity contribution in [3.8, 4) is 0 Å². The smallest absolute Gasteiger partial charge is 0.0752 e. The molecule has 0 aliphatic heterocycles. The second-order valence-electron chi connectivity index (χ2n) is 2.25. The predicted octanol–water partition coefficient (Wildman–Crippen LogP) is 3.29. The van der Waals surface area contributed by atoms with Crippen LogP contribution in [0.1, 0.15) is 6.92 Å². The molecule has 0 atom stereocenters. The Bertz CT molecular complexity index is 412. The van der Waals surface area contributed by atoms with E-state index in [-0.39, 0.29) is 21.0 Å². The van der Waals surface area contributed by atoms with Gasteiger partial charge in [-0.15, -0.1) is 0 Å². The van der Waals surface area contributed by atoms with E-state index >= 15 is 0 Å². The van der Waals surface area contributed by atoms with Gasteiger partial charge >= 0.3 is 5.15 Å². The standard InChI is InChI=1S/C6H5Cl3N5/c1-2-14-6(9)3(7)4(11-13-10)5(8)12-14/h2H2,1H3/q+1. The van der Waals surface area contributed by atoms with Crippen LogP contribution >= 0.6 is 34.8 Å². The van der Waals surface area contributed by atoms with Crippen molar-refractivity contribution in [1.29, 1.82) is 0 Å². The zero-order valence-electron chi connectivity index (χ0n) is 7.08. The van der Waals surface area contributed by atoms with Gasteiger partial charge in [0.25, 0.3) is 0 Å². The van der Waals surface area contributed by atoms with Crippen LogP contribution in [0.25, 0.3) is 10.4 Å². The Morgan fingerprint density at radius 1 is 1.50 bits per heavy atom. The van der Waals surface area contributed by atoms with E-state index in [4.69, 9.17) is 40.3 Å². The zero-order valence-corrected chi connectivity index (χ0v) is 9.34. The minimum atomic E-state index is 0.0269. The maximum atomic E-state index is 8.25. The molecule has 0 radical (unpaired) electrons. The first-order chi connectivity index (χ1) is 6.61. The van der Waals surface area contributed by atoms with Gasteiger partial charge in [0.15, 0.2) is 6.54 Å². The van der Waals surface area contributed by atoms with Gasteiger partial charge in [0.2, 0.25) is 5.15 Å². The molecule has 14 heavy (non-hydrogen) atoms. The highest BCUT2D eigenvalue weighted by Gasteiger charge is 2.21. The van der Waals surface area contributed by atoms with Gasteiger partial charge in [0.1, 0.15) is 10.7 Å². The predicted molar refractivity (Wildman–Crippen MR) is 53.9 cm³/mol. The summed E-state index contributed by atoms with van der Waals surface area (Å²) in [7, 11) is 0. The quantitative estimate of drug-likeness (QED) is 0.345. The third kappa shape index (κ3) is 2.01. The molecule has 0 aromatic carbocycles. The Kier molecular flexibility index (Phi) is 3.77. The highest BCUT2D eigenvalue weighted by atomic mass is 35.5. The Hall–Kier alpha value is -0.740. The molecule has 0 bridgehead atoms. The largest absolute Gasteiger partial charge is 0.319 e. The SMILES string of the molecule is CC[n+]1nc(Cl)c(N=[N+]=[N-])c(Cl)c1Cl. The molecule has 0 aliphatic carbocycles. The highest BCUT2D eigenvalue weighted by Crippen LogP contribution is 2.34. The topological polar surface area (TPSA) is 65.5 Å². The second kappa shape index (κ2) is 4.66. The van der Waals surface area contributed by atoms with Gasteiger partial charge in [-0.25, -0.2) is 0 Å². The van der Waals surface area contributed by atoms with Crippen molar-refractivity contribution in [3.05, 3.63) is 25.8 Å². The van der Waals surface area contributed by atoms with E-state index < -0.39 is 0 Å². The number of azide groups is 1. The number of hydrogen-bond acceptors (Lipinski definition) is 2. The molecule has 1 heterocycles. The van der Waals surface area contributed by atoms with E-state index in [1.165, 1.54) is 4.68 Å². The van der Waals surface area contributed by atoms with Crippen molar-refractivity contribution in [2.24, 2.45) is 5.11 Å². The van der Waals surface area contributed by atoms with Crippen LogP contribution < -0.4 is 4.68 Å². The van der Waals surface area contributed by atoms with Crippen molar-refractivity contribution in [1.82, 2.24) is 5.10 Å². The summed E-state index contributed by atoms with van der Waals surface area (Å²) in [6.45, 7) is 2.35. The van der Waals surface area contributed by atoms with Crippen LogP contribution in [0.4, 0.5) is 5.69 Å². The van der Waals surface area contributed by atoms with Gasteiger partial charge in [-0.05, 0) is 24.1 Å². The van der Waals surface area contributed by atoms with Crippen LogP contribution in [0.5, 0.6) is 0 Å². The van der Waals surface area contributed by atoms with E-state index in [9.17, 15) is 0 Å². The monoisotopic (exact) mass is 252 g/mol. The molecule has 74 valence electrons. The van der Waals surface area contributed by atoms with Crippen molar-refractivity contribution in [3.63, 3.8) is 0 Å². The molecule has 0 unspecified atom stereocenters. The molecule has 0 fully saturated rings. The average Bonchev–Trinajstić information content (AvgIpc) is 2.18. The third-order valence-corrected chi connectivity index (χ3v) is 2.56. The van der Waals surface area contributed by atoms with Crippen LogP contribution in [-0.4, -0.2) is 5.10 Å². The normalized spacial score (nSPS) is 9.71. The second-order valence-corrected chi connectivity index (χ2v) is 3.34. The lowest BCUT2D eigenvalue weighted by molar-refractivity contribution is -0.748. The summed E-state index contributed by atoms with van der Waals surface area (Å²) in [5, 5.41) is 7.50. The Morgan fingerprint density at radius 2 is 2.14 bits per heavy atom. The molecule has 0 saturated carbocycles. The first-order valence-corrected chi connectivity index (χ1v) is 4.74. The van der Waals surface area contributed by atoms with E-state index in [1.54, 1.807) is 0 Å². The first kappa shape index (κ1) is 11.3. The summed E-state index contributed by atoms with van der Waals surface area (Å²) in [5.74, 6) is 0. The zero-order chi connectivity index (χ0) is 10.7. The van der Waals surface area contributed by atoms with E-state index in [0.717, 1.165) is 0 Å². The van der Waals surface area contributed by atoms with Crippen molar-refractivity contribution < 1.29 is 4.68 Å². The molecule has 0 amide bonds. The number of aromatic nitrogens is 2. The van der Waals surface area contributed by atoms with Crippen LogP contribution in [-0.2, 0) is 6.54 Å². The molecule has 0 aliphatic rings. The highest BCUT2D eigenvalue weighted by molar-refractivity contribution is 6.44. The number of halogens is 3. The third-order valence-electron chi connectivity index (χ3n) is 1.46. The molecular weight excluding hydrogens is 248 g/mol. The summed E-state index contributed by atoms with van der Waals surface area (Å²) in [4.78, 5) is 2.57.